The van der Waals surface area contributed by atoms with Gasteiger partial charge in [0.2, 0.25) is 0 Å². The minimum Gasteiger partial charge on any atom is -0.372 e. The van der Waals surface area contributed by atoms with Crippen molar-refractivity contribution in [2.75, 3.05) is 51.3 Å². The fourth-order valence-corrected chi connectivity index (χ4v) is 3.00. The van der Waals surface area contributed by atoms with E-state index in [2.05, 4.69) is 15.0 Å². The van der Waals surface area contributed by atoms with Crippen molar-refractivity contribution in [1.29, 1.82) is 0 Å². The Morgan fingerprint density at radius 1 is 1.12 bits per heavy atom. The maximum atomic E-state index is 12.4. The van der Waals surface area contributed by atoms with Gasteiger partial charge in [0.05, 0.1) is 0 Å². The van der Waals surface area contributed by atoms with Crippen molar-refractivity contribution < 1.29 is 22.7 Å². The molecule has 146 valence electrons. The molecule has 1 aromatic carbocycles. The zero-order chi connectivity index (χ0) is 19.2. The molecule has 0 atom stereocenters. The Labute approximate surface area is 152 Å². The van der Waals surface area contributed by atoms with Gasteiger partial charge in [-0.25, -0.2) is 4.79 Å². The van der Waals surface area contributed by atoms with E-state index in [4.69, 9.17) is 0 Å². The second-order valence-electron chi connectivity index (χ2n) is 6.66. The third-order valence-electron chi connectivity index (χ3n) is 4.16. The first-order valence-corrected chi connectivity index (χ1v) is 8.74. The number of carbonyl (C=O) groups excluding carboxylic acids is 1. The van der Waals surface area contributed by atoms with Crippen LogP contribution in [0.3, 0.4) is 0 Å². The quantitative estimate of drug-likeness (QED) is 0.777. The number of halogens is 3. The molecule has 0 aliphatic carbocycles. The molecular formula is C18H26F3N3O2. The average molecular weight is 373 g/mol. The number of nitrogens with one attached hydrogen (secondary N) is 1. The molecule has 2 amide bonds. The van der Waals surface area contributed by atoms with Crippen LogP contribution in [-0.2, 0) is 4.74 Å². The first-order valence-electron chi connectivity index (χ1n) is 8.74. The number of hydrogen-bond donors (Lipinski definition) is 1. The maximum absolute atomic E-state index is 12.4. The number of piperazine rings is 1. The van der Waals surface area contributed by atoms with E-state index in [1.807, 2.05) is 32.0 Å². The number of rotatable bonds is 6. The molecule has 8 heteroatoms. The summed E-state index contributed by atoms with van der Waals surface area (Å²) in [5.74, 6) is 0. The zero-order valence-corrected chi connectivity index (χ0v) is 15.2. The first-order chi connectivity index (χ1) is 12.2. The molecule has 0 aromatic heterocycles. The molecule has 1 saturated heterocycles. The lowest BCUT2D eigenvalue weighted by atomic mass is 10.1. The van der Waals surface area contributed by atoms with Gasteiger partial charge in [-0.15, -0.1) is 0 Å². The van der Waals surface area contributed by atoms with Gasteiger partial charge in [0.25, 0.3) is 0 Å². The molecule has 0 spiro atoms. The topological polar surface area (TPSA) is 44.8 Å². The van der Waals surface area contributed by atoms with Crippen molar-refractivity contribution in [2.24, 2.45) is 0 Å². The van der Waals surface area contributed by atoms with Crippen molar-refractivity contribution in [1.82, 2.24) is 9.80 Å². The van der Waals surface area contributed by atoms with Crippen molar-refractivity contribution in [3.63, 3.8) is 0 Å². The number of amides is 2. The number of urea groups is 1. The zero-order valence-electron chi connectivity index (χ0n) is 15.2. The van der Waals surface area contributed by atoms with E-state index in [-0.39, 0.29) is 12.6 Å². The Morgan fingerprint density at radius 2 is 1.73 bits per heavy atom. The number of ether oxygens (including phenoxy) is 1. The highest BCUT2D eigenvalue weighted by Crippen LogP contribution is 2.16. The summed E-state index contributed by atoms with van der Waals surface area (Å²) in [6, 6.07) is 5.79. The molecule has 0 saturated carbocycles. The monoisotopic (exact) mass is 373 g/mol. The molecule has 1 aromatic rings. The summed E-state index contributed by atoms with van der Waals surface area (Å²) in [7, 11) is 0. The van der Waals surface area contributed by atoms with Crippen LogP contribution < -0.4 is 5.32 Å². The molecule has 26 heavy (non-hydrogen) atoms. The van der Waals surface area contributed by atoms with E-state index in [0.29, 0.717) is 39.1 Å². The van der Waals surface area contributed by atoms with Crippen molar-refractivity contribution >= 4 is 11.7 Å². The molecule has 0 radical (unpaired) electrons. The van der Waals surface area contributed by atoms with Gasteiger partial charge in [0.1, 0.15) is 6.61 Å². The fraction of sp³-hybridized carbons (Fsp3) is 0.611. The van der Waals surface area contributed by atoms with Gasteiger partial charge in [-0.3, -0.25) is 4.90 Å². The lowest BCUT2D eigenvalue weighted by molar-refractivity contribution is -0.174. The largest absolute Gasteiger partial charge is 0.411 e. The van der Waals surface area contributed by atoms with Crippen LogP contribution in [0.25, 0.3) is 0 Å². The van der Waals surface area contributed by atoms with Crippen LogP contribution in [0.1, 0.15) is 17.5 Å². The van der Waals surface area contributed by atoms with Crippen LogP contribution >= 0.6 is 0 Å². The Bertz CT molecular complexity index is 580. The summed E-state index contributed by atoms with van der Waals surface area (Å²) in [6.07, 6.45) is -3.72. The first kappa shape index (κ1) is 20.5. The highest BCUT2D eigenvalue weighted by Gasteiger charge is 2.27. The smallest absolute Gasteiger partial charge is 0.372 e. The molecule has 0 bridgehead atoms. The maximum Gasteiger partial charge on any atom is 0.411 e. The molecule has 0 unspecified atom stereocenters. The van der Waals surface area contributed by atoms with E-state index < -0.39 is 12.8 Å². The Kier molecular flexibility index (Phi) is 7.28. The van der Waals surface area contributed by atoms with Gasteiger partial charge < -0.3 is 15.0 Å². The number of aryl methyl sites for hydroxylation is 2. The van der Waals surface area contributed by atoms with Gasteiger partial charge in [0, 0.05) is 45.0 Å². The van der Waals surface area contributed by atoms with Gasteiger partial charge in [-0.1, -0.05) is 6.07 Å². The molecular weight excluding hydrogens is 347 g/mol. The van der Waals surface area contributed by atoms with Crippen LogP contribution in [0.5, 0.6) is 0 Å². The van der Waals surface area contributed by atoms with Gasteiger partial charge in [0.15, 0.2) is 0 Å². The van der Waals surface area contributed by atoms with E-state index in [0.717, 1.165) is 16.8 Å². The van der Waals surface area contributed by atoms with Gasteiger partial charge in [-0.05, 0) is 43.5 Å². The number of anilines is 1. The predicted octanol–water partition coefficient (Wildman–Crippen LogP) is 3.42. The summed E-state index contributed by atoms with van der Waals surface area (Å²) < 4.78 is 40.5. The number of benzene rings is 1. The lowest BCUT2D eigenvalue weighted by Gasteiger charge is -2.34. The van der Waals surface area contributed by atoms with E-state index >= 15 is 0 Å². The van der Waals surface area contributed by atoms with E-state index in [1.165, 1.54) is 0 Å². The normalized spacial score (nSPS) is 16.0. The molecule has 2 rings (SSSR count). The predicted molar refractivity (Wildman–Crippen MR) is 94.4 cm³/mol. The summed E-state index contributed by atoms with van der Waals surface area (Å²) in [4.78, 5) is 16.3. The van der Waals surface area contributed by atoms with Crippen LogP contribution in [0.15, 0.2) is 18.2 Å². The number of nitrogens with zero attached hydrogens (tertiary/aromatic N) is 2. The van der Waals surface area contributed by atoms with Crippen molar-refractivity contribution in [3.05, 3.63) is 29.3 Å². The van der Waals surface area contributed by atoms with Crippen LogP contribution in [0.4, 0.5) is 23.7 Å². The van der Waals surface area contributed by atoms with Crippen LogP contribution in [0.2, 0.25) is 0 Å². The van der Waals surface area contributed by atoms with E-state index in [9.17, 15) is 18.0 Å². The van der Waals surface area contributed by atoms with Crippen molar-refractivity contribution in [3.8, 4) is 0 Å². The highest BCUT2D eigenvalue weighted by molar-refractivity contribution is 5.89. The molecule has 1 fully saturated rings. The third-order valence-corrected chi connectivity index (χ3v) is 4.16. The molecule has 5 nitrogen and oxygen atoms in total. The van der Waals surface area contributed by atoms with Gasteiger partial charge in [-0.2, -0.15) is 13.2 Å². The van der Waals surface area contributed by atoms with Crippen LogP contribution in [0, 0.1) is 13.8 Å². The average Bonchev–Trinajstić information content (AvgIpc) is 2.53. The van der Waals surface area contributed by atoms with E-state index in [1.54, 1.807) is 4.90 Å². The minimum absolute atomic E-state index is 0.0902. The second-order valence-corrected chi connectivity index (χ2v) is 6.66. The highest BCUT2D eigenvalue weighted by atomic mass is 19.4. The number of carbonyl (C=O) groups is 1. The molecule has 1 N–H and O–H groups in total. The SMILES string of the molecule is Cc1cc(C)cc(NC(=O)N2CCN(CCCOCC(F)(F)F)CC2)c1. The van der Waals surface area contributed by atoms with Crippen molar-refractivity contribution in [2.45, 2.75) is 26.4 Å². The summed E-state index contributed by atoms with van der Waals surface area (Å²) in [5.41, 5.74) is 2.98. The molecule has 1 aliphatic rings. The number of alkyl halides is 3. The molecule has 1 aliphatic heterocycles. The van der Waals surface area contributed by atoms with Gasteiger partial charge >= 0.3 is 12.2 Å². The number of hydrogen-bond acceptors (Lipinski definition) is 3. The standard InChI is InChI=1S/C18H26F3N3O2/c1-14-10-15(2)12-16(11-14)22-17(25)24-7-5-23(6-8-24)4-3-9-26-13-18(19,20)21/h10-12H,3-9,13H2,1-2H3,(H,22,25). The van der Waals surface area contributed by atoms with Crippen LogP contribution in [-0.4, -0.2) is 67.9 Å². The summed E-state index contributed by atoms with van der Waals surface area (Å²) in [5, 5.41) is 2.92. The Hall–Kier alpha value is -1.80. The lowest BCUT2D eigenvalue weighted by Crippen LogP contribution is -2.50. The fourth-order valence-electron chi connectivity index (χ4n) is 3.00. The summed E-state index contributed by atoms with van der Waals surface area (Å²) >= 11 is 0. The minimum atomic E-state index is -4.27. The Balaban J connectivity index is 1.66. The molecule has 1 heterocycles. The Morgan fingerprint density at radius 3 is 2.31 bits per heavy atom. The summed E-state index contributed by atoms with van der Waals surface area (Å²) in [6.45, 7) is 6.15. The second kappa shape index (κ2) is 9.23. The third kappa shape index (κ3) is 7.21.